The largest absolute Gasteiger partial charge is 0.465 e. The molecule has 0 N–H and O–H groups in total. The van der Waals surface area contributed by atoms with Crippen molar-refractivity contribution in [1.29, 1.82) is 0 Å². The zero-order valence-corrected chi connectivity index (χ0v) is 13.0. The summed E-state index contributed by atoms with van der Waals surface area (Å²) in [6, 6.07) is 0. The lowest BCUT2D eigenvalue weighted by Crippen LogP contribution is -1.98. The normalized spacial score (nSPS) is 10.7. The Morgan fingerprint density at radius 1 is 1.50 bits per heavy atom. The van der Waals surface area contributed by atoms with Gasteiger partial charge in [0, 0.05) is 0 Å². The average Bonchev–Trinajstić information content (AvgIpc) is 2.84. The summed E-state index contributed by atoms with van der Waals surface area (Å²) in [6.45, 7) is 3.78. The van der Waals surface area contributed by atoms with Crippen LogP contribution >= 0.6 is 38.9 Å². The molecule has 5 nitrogen and oxygen atoms in total. The number of rotatable bonds is 2. The Morgan fingerprint density at radius 2 is 2.17 bits per heavy atom. The van der Waals surface area contributed by atoms with E-state index in [1.807, 2.05) is 13.8 Å². The number of hydrogen-bond acceptors (Lipinski definition) is 5. The van der Waals surface area contributed by atoms with Crippen molar-refractivity contribution in [3.05, 3.63) is 25.9 Å². The lowest BCUT2D eigenvalue weighted by Gasteiger charge is -1.97. The van der Waals surface area contributed by atoms with Gasteiger partial charge in [-0.15, -0.1) is 0 Å². The zero-order valence-electron chi connectivity index (χ0n) is 9.82. The standard InChI is InChI=1S/C10H9BrClN3O2S/c1-4-6(11)5(2)15(14-4)10-13-8(12)7(18-10)9(16)17-3/h1-3H3. The highest BCUT2D eigenvalue weighted by molar-refractivity contribution is 9.10. The second kappa shape index (κ2) is 4.99. The number of halogens is 2. The van der Waals surface area contributed by atoms with Crippen LogP contribution in [0.1, 0.15) is 21.1 Å². The molecule has 0 spiro atoms. The molecular weight excluding hydrogens is 342 g/mol. The molecule has 0 aromatic carbocycles. The lowest BCUT2D eigenvalue weighted by molar-refractivity contribution is 0.0606. The van der Waals surface area contributed by atoms with Crippen LogP contribution in [0.15, 0.2) is 4.47 Å². The minimum absolute atomic E-state index is 0.130. The molecule has 0 aliphatic heterocycles. The van der Waals surface area contributed by atoms with Crippen LogP contribution in [0.25, 0.3) is 5.13 Å². The van der Waals surface area contributed by atoms with Gasteiger partial charge in [0.2, 0.25) is 5.13 Å². The Balaban J connectivity index is 2.52. The molecular formula is C10H9BrClN3O2S. The Bertz CT molecular complexity index is 623. The summed E-state index contributed by atoms with van der Waals surface area (Å²) in [5.74, 6) is -0.496. The van der Waals surface area contributed by atoms with E-state index in [1.54, 1.807) is 4.68 Å². The van der Waals surface area contributed by atoms with Crippen LogP contribution in [0.5, 0.6) is 0 Å². The number of nitrogens with zero attached hydrogens (tertiary/aromatic N) is 3. The number of hydrogen-bond donors (Lipinski definition) is 0. The second-order valence-electron chi connectivity index (χ2n) is 3.50. The Hall–Kier alpha value is -0.920. The van der Waals surface area contributed by atoms with E-state index in [0.717, 1.165) is 27.2 Å². The molecule has 96 valence electrons. The van der Waals surface area contributed by atoms with Gasteiger partial charge in [-0.2, -0.15) is 5.10 Å². The van der Waals surface area contributed by atoms with Crippen LogP contribution in [0, 0.1) is 13.8 Å². The van der Waals surface area contributed by atoms with Gasteiger partial charge in [-0.3, -0.25) is 0 Å². The number of carbonyl (C=O) groups is 1. The van der Waals surface area contributed by atoms with Gasteiger partial charge in [-0.1, -0.05) is 22.9 Å². The number of carbonyl (C=O) groups excluding carboxylic acids is 1. The van der Waals surface area contributed by atoms with Gasteiger partial charge in [0.15, 0.2) is 10.0 Å². The highest BCUT2D eigenvalue weighted by Gasteiger charge is 2.20. The first kappa shape index (κ1) is 13.5. The predicted molar refractivity (Wildman–Crippen MR) is 72.8 cm³/mol. The van der Waals surface area contributed by atoms with Crippen LogP contribution in [-0.2, 0) is 4.74 Å². The summed E-state index contributed by atoms with van der Waals surface area (Å²) >= 11 is 10.5. The summed E-state index contributed by atoms with van der Waals surface area (Å²) in [5, 5.41) is 4.99. The monoisotopic (exact) mass is 349 g/mol. The topological polar surface area (TPSA) is 57.0 Å². The van der Waals surface area contributed by atoms with Crippen molar-refractivity contribution < 1.29 is 9.53 Å². The average molecular weight is 351 g/mol. The van der Waals surface area contributed by atoms with Gasteiger partial charge < -0.3 is 4.74 Å². The minimum atomic E-state index is -0.496. The summed E-state index contributed by atoms with van der Waals surface area (Å²) < 4.78 is 7.19. The zero-order chi connectivity index (χ0) is 13.4. The molecule has 2 aromatic rings. The fourth-order valence-electron chi connectivity index (χ4n) is 1.41. The van der Waals surface area contributed by atoms with Crippen molar-refractivity contribution >= 4 is 44.8 Å². The summed E-state index contributed by atoms with van der Waals surface area (Å²) in [6.07, 6.45) is 0. The van der Waals surface area contributed by atoms with E-state index in [1.165, 1.54) is 7.11 Å². The Kier molecular flexibility index (Phi) is 3.74. The van der Waals surface area contributed by atoms with Crippen LogP contribution in [0.2, 0.25) is 5.15 Å². The molecule has 8 heteroatoms. The fraction of sp³-hybridized carbons (Fsp3) is 0.300. The molecule has 0 saturated heterocycles. The van der Waals surface area contributed by atoms with E-state index in [4.69, 9.17) is 11.6 Å². The molecule has 0 atom stereocenters. The minimum Gasteiger partial charge on any atom is -0.465 e. The number of thiazole rings is 1. The molecule has 0 saturated carbocycles. The quantitative estimate of drug-likeness (QED) is 0.781. The highest BCUT2D eigenvalue weighted by Crippen LogP contribution is 2.29. The fourth-order valence-corrected chi connectivity index (χ4v) is 2.86. The van der Waals surface area contributed by atoms with Crippen molar-refractivity contribution in [1.82, 2.24) is 14.8 Å². The number of aromatic nitrogens is 3. The molecule has 2 aromatic heterocycles. The summed E-state index contributed by atoms with van der Waals surface area (Å²) in [4.78, 5) is 15.9. The molecule has 0 radical (unpaired) electrons. The summed E-state index contributed by atoms with van der Waals surface area (Å²) in [7, 11) is 1.30. The number of methoxy groups -OCH3 is 1. The van der Waals surface area contributed by atoms with Crippen molar-refractivity contribution in [3.8, 4) is 5.13 Å². The van der Waals surface area contributed by atoms with Gasteiger partial charge in [0.05, 0.1) is 23.0 Å². The van der Waals surface area contributed by atoms with Crippen LogP contribution in [-0.4, -0.2) is 27.8 Å². The SMILES string of the molecule is COC(=O)c1sc(-n2nc(C)c(Br)c2C)nc1Cl. The smallest absolute Gasteiger partial charge is 0.351 e. The van der Waals surface area contributed by atoms with E-state index in [9.17, 15) is 4.79 Å². The van der Waals surface area contributed by atoms with Gasteiger partial charge >= 0.3 is 5.97 Å². The lowest BCUT2D eigenvalue weighted by atomic mass is 10.4. The maximum atomic E-state index is 11.5. The number of aryl methyl sites for hydroxylation is 1. The molecule has 2 rings (SSSR count). The molecule has 0 unspecified atom stereocenters. The van der Waals surface area contributed by atoms with Crippen molar-refractivity contribution in [2.45, 2.75) is 13.8 Å². The first-order chi connectivity index (χ1) is 8.45. The van der Waals surface area contributed by atoms with Gasteiger partial charge in [0.1, 0.15) is 0 Å². The molecule has 0 bridgehead atoms. The molecule has 0 fully saturated rings. The van der Waals surface area contributed by atoms with E-state index < -0.39 is 5.97 Å². The third-order valence-electron chi connectivity index (χ3n) is 2.33. The molecule has 0 aliphatic rings. The van der Waals surface area contributed by atoms with E-state index in [-0.39, 0.29) is 10.0 Å². The Labute approximate surface area is 121 Å². The molecule has 0 aliphatic carbocycles. The van der Waals surface area contributed by atoms with Crippen LogP contribution in [0.4, 0.5) is 0 Å². The Morgan fingerprint density at radius 3 is 2.67 bits per heavy atom. The van der Waals surface area contributed by atoms with E-state index >= 15 is 0 Å². The van der Waals surface area contributed by atoms with Gasteiger partial charge in [-0.05, 0) is 29.8 Å². The van der Waals surface area contributed by atoms with E-state index in [0.29, 0.717) is 5.13 Å². The second-order valence-corrected chi connectivity index (χ2v) is 5.63. The van der Waals surface area contributed by atoms with Gasteiger partial charge in [-0.25, -0.2) is 14.5 Å². The van der Waals surface area contributed by atoms with Crippen LogP contribution in [0.3, 0.4) is 0 Å². The first-order valence-electron chi connectivity index (χ1n) is 4.92. The van der Waals surface area contributed by atoms with Crippen molar-refractivity contribution in [2.75, 3.05) is 7.11 Å². The van der Waals surface area contributed by atoms with Crippen molar-refractivity contribution in [2.24, 2.45) is 0 Å². The molecule has 0 amide bonds. The predicted octanol–water partition coefficient (Wildman–Crippen LogP) is 3.15. The van der Waals surface area contributed by atoms with Gasteiger partial charge in [0.25, 0.3) is 0 Å². The maximum absolute atomic E-state index is 11.5. The highest BCUT2D eigenvalue weighted by atomic mass is 79.9. The maximum Gasteiger partial charge on any atom is 0.351 e. The number of ether oxygens (including phenoxy) is 1. The van der Waals surface area contributed by atoms with E-state index in [2.05, 4.69) is 30.7 Å². The third kappa shape index (κ3) is 2.17. The third-order valence-corrected chi connectivity index (χ3v) is 4.87. The first-order valence-corrected chi connectivity index (χ1v) is 6.91. The molecule has 2 heterocycles. The summed E-state index contributed by atoms with van der Waals surface area (Å²) in [5.41, 5.74) is 1.74. The molecule has 18 heavy (non-hydrogen) atoms. The number of esters is 1. The van der Waals surface area contributed by atoms with Crippen LogP contribution < -0.4 is 0 Å². The van der Waals surface area contributed by atoms with Crippen molar-refractivity contribution in [3.63, 3.8) is 0 Å².